The van der Waals surface area contributed by atoms with Crippen molar-refractivity contribution in [3.63, 3.8) is 0 Å². The molecule has 132 valence electrons. The Morgan fingerprint density at radius 3 is 2.80 bits per heavy atom. The van der Waals surface area contributed by atoms with Crippen LogP contribution in [0.2, 0.25) is 5.02 Å². The summed E-state index contributed by atoms with van der Waals surface area (Å²) < 4.78 is 5.15. The zero-order chi connectivity index (χ0) is 17.8. The number of carbonyl (C=O) groups excluding carboxylic acids is 2. The van der Waals surface area contributed by atoms with Crippen LogP contribution in [0.3, 0.4) is 0 Å². The zero-order valence-electron chi connectivity index (χ0n) is 13.9. The van der Waals surface area contributed by atoms with Gasteiger partial charge in [-0.2, -0.15) is 0 Å². The Labute approximate surface area is 150 Å². The number of rotatable bonds is 5. The van der Waals surface area contributed by atoms with E-state index in [1.165, 1.54) is 6.26 Å². The molecule has 1 atom stereocenters. The van der Waals surface area contributed by atoms with E-state index < -0.39 is 0 Å². The largest absolute Gasteiger partial charge is 0.469 e. The van der Waals surface area contributed by atoms with Gasteiger partial charge < -0.3 is 20.4 Å². The molecular formula is C18H20ClN3O3. The molecule has 3 rings (SSSR count). The predicted molar refractivity (Wildman–Crippen MR) is 96.2 cm³/mol. The maximum atomic E-state index is 12.5. The highest BCUT2D eigenvalue weighted by Crippen LogP contribution is 2.22. The molecule has 1 saturated heterocycles. The van der Waals surface area contributed by atoms with Crippen molar-refractivity contribution in [3.8, 4) is 0 Å². The minimum atomic E-state index is -0.347. The molecule has 1 aliphatic heterocycles. The van der Waals surface area contributed by atoms with Crippen molar-refractivity contribution in [2.24, 2.45) is 0 Å². The van der Waals surface area contributed by atoms with Crippen molar-refractivity contribution in [2.45, 2.75) is 25.8 Å². The Kier molecular flexibility index (Phi) is 5.40. The summed E-state index contributed by atoms with van der Waals surface area (Å²) in [6, 6.07) is 6.68. The van der Waals surface area contributed by atoms with Crippen LogP contribution in [-0.2, 0) is 0 Å². The van der Waals surface area contributed by atoms with Crippen LogP contribution in [0, 0.1) is 6.92 Å². The van der Waals surface area contributed by atoms with E-state index >= 15 is 0 Å². The molecule has 0 aliphatic carbocycles. The van der Waals surface area contributed by atoms with Gasteiger partial charge in [-0.3, -0.25) is 9.59 Å². The third-order valence-corrected chi connectivity index (χ3v) is 4.48. The fourth-order valence-electron chi connectivity index (χ4n) is 2.87. The van der Waals surface area contributed by atoms with Crippen LogP contribution in [0.5, 0.6) is 0 Å². The molecule has 2 amide bonds. The Morgan fingerprint density at radius 2 is 2.12 bits per heavy atom. The quantitative estimate of drug-likeness (QED) is 0.764. The molecular weight excluding hydrogens is 342 g/mol. The summed E-state index contributed by atoms with van der Waals surface area (Å²) >= 11 is 6.03. The van der Waals surface area contributed by atoms with E-state index in [1.807, 2.05) is 0 Å². The monoisotopic (exact) mass is 361 g/mol. The van der Waals surface area contributed by atoms with Crippen LogP contribution in [-0.4, -0.2) is 30.9 Å². The Hall–Kier alpha value is -2.31. The number of hydrogen-bond donors (Lipinski definition) is 3. The molecule has 0 radical (unpaired) electrons. The number of benzene rings is 1. The van der Waals surface area contributed by atoms with Crippen molar-refractivity contribution in [1.29, 1.82) is 0 Å². The first-order chi connectivity index (χ1) is 12.0. The minimum absolute atomic E-state index is 0.246. The number of aryl methyl sites for hydroxylation is 1. The third-order valence-electron chi connectivity index (χ3n) is 4.25. The van der Waals surface area contributed by atoms with E-state index in [-0.39, 0.29) is 11.8 Å². The molecule has 25 heavy (non-hydrogen) atoms. The SMILES string of the molecule is Cc1occc1C(=O)Nc1cc(Cl)ccc1C(=O)NCC1CCCN1. The van der Waals surface area contributed by atoms with Crippen LogP contribution in [0.25, 0.3) is 0 Å². The lowest BCUT2D eigenvalue weighted by atomic mass is 10.1. The Balaban J connectivity index is 1.74. The molecule has 0 bridgehead atoms. The summed E-state index contributed by atoms with van der Waals surface area (Å²) in [7, 11) is 0. The fourth-order valence-corrected chi connectivity index (χ4v) is 3.04. The molecule has 0 saturated carbocycles. The van der Waals surface area contributed by atoms with Gasteiger partial charge in [0.05, 0.1) is 23.1 Å². The fraction of sp³-hybridized carbons (Fsp3) is 0.333. The highest BCUT2D eigenvalue weighted by molar-refractivity contribution is 6.31. The van der Waals surface area contributed by atoms with Crippen molar-refractivity contribution in [2.75, 3.05) is 18.4 Å². The average Bonchev–Trinajstić information content (AvgIpc) is 3.24. The first-order valence-electron chi connectivity index (χ1n) is 8.21. The van der Waals surface area contributed by atoms with Gasteiger partial charge in [0.25, 0.3) is 11.8 Å². The summed E-state index contributed by atoms with van der Waals surface area (Å²) in [6.07, 6.45) is 3.61. The van der Waals surface area contributed by atoms with Crippen molar-refractivity contribution in [3.05, 3.63) is 52.4 Å². The van der Waals surface area contributed by atoms with Gasteiger partial charge in [0.15, 0.2) is 0 Å². The number of furan rings is 1. The number of halogens is 1. The molecule has 2 heterocycles. The van der Waals surface area contributed by atoms with E-state index in [0.717, 1.165) is 19.4 Å². The van der Waals surface area contributed by atoms with Crippen LogP contribution in [0.15, 0.2) is 34.9 Å². The lowest BCUT2D eigenvalue weighted by Crippen LogP contribution is -2.37. The van der Waals surface area contributed by atoms with Crippen LogP contribution in [0.1, 0.15) is 39.3 Å². The van der Waals surface area contributed by atoms with E-state index in [2.05, 4.69) is 16.0 Å². The van der Waals surface area contributed by atoms with Crippen LogP contribution in [0.4, 0.5) is 5.69 Å². The first-order valence-corrected chi connectivity index (χ1v) is 8.59. The molecule has 1 fully saturated rings. The van der Waals surface area contributed by atoms with Crippen LogP contribution >= 0.6 is 11.6 Å². The molecule has 7 heteroatoms. The van der Waals surface area contributed by atoms with Gasteiger partial charge in [-0.1, -0.05) is 11.6 Å². The second-order valence-corrected chi connectivity index (χ2v) is 6.47. The van der Waals surface area contributed by atoms with Crippen molar-refractivity contribution in [1.82, 2.24) is 10.6 Å². The normalized spacial score (nSPS) is 16.6. The number of anilines is 1. The molecule has 1 unspecified atom stereocenters. The number of nitrogens with one attached hydrogen (secondary N) is 3. The van der Waals surface area contributed by atoms with Gasteiger partial charge >= 0.3 is 0 Å². The summed E-state index contributed by atoms with van der Waals surface area (Å²) in [6.45, 7) is 3.23. The standard InChI is InChI=1S/C18H20ClN3O3/c1-11-14(6-8-25-11)18(24)22-16-9-12(19)4-5-15(16)17(23)21-10-13-3-2-7-20-13/h4-6,8-9,13,20H,2-3,7,10H2,1H3,(H,21,23)(H,22,24). The topological polar surface area (TPSA) is 83.4 Å². The van der Waals surface area contributed by atoms with Gasteiger partial charge in [0.2, 0.25) is 0 Å². The maximum Gasteiger partial charge on any atom is 0.259 e. The van der Waals surface area contributed by atoms with Gasteiger partial charge in [-0.05, 0) is 50.6 Å². The highest BCUT2D eigenvalue weighted by atomic mass is 35.5. The highest BCUT2D eigenvalue weighted by Gasteiger charge is 2.19. The number of hydrogen-bond acceptors (Lipinski definition) is 4. The zero-order valence-corrected chi connectivity index (χ0v) is 14.7. The molecule has 0 spiro atoms. The smallest absolute Gasteiger partial charge is 0.259 e. The number of amides is 2. The molecule has 2 aromatic rings. The van der Waals surface area contributed by atoms with Crippen molar-refractivity contribution >= 4 is 29.1 Å². The maximum absolute atomic E-state index is 12.5. The van der Waals surface area contributed by atoms with E-state index in [9.17, 15) is 9.59 Å². The molecule has 1 aliphatic rings. The number of carbonyl (C=O) groups is 2. The van der Waals surface area contributed by atoms with E-state index in [4.69, 9.17) is 16.0 Å². The Bertz CT molecular complexity index is 782. The predicted octanol–water partition coefficient (Wildman–Crippen LogP) is 2.98. The lowest BCUT2D eigenvalue weighted by molar-refractivity contribution is 0.0951. The second-order valence-electron chi connectivity index (χ2n) is 6.04. The molecule has 3 N–H and O–H groups in total. The van der Waals surface area contributed by atoms with E-state index in [1.54, 1.807) is 31.2 Å². The van der Waals surface area contributed by atoms with Gasteiger partial charge in [0, 0.05) is 17.6 Å². The molecule has 1 aromatic carbocycles. The summed E-state index contributed by atoms with van der Waals surface area (Å²) in [5, 5.41) is 9.42. The summed E-state index contributed by atoms with van der Waals surface area (Å²) in [5.41, 5.74) is 1.16. The minimum Gasteiger partial charge on any atom is -0.469 e. The summed E-state index contributed by atoms with van der Waals surface area (Å²) in [4.78, 5) is 24.9. The van der Waals surface area contributed by atoms with Gasteiger partial charge in [-0.15, -0.1) is 0 Å². The van der Waals surface area contributed by atoms with E-state index in [0.29, 0.717) is 40.2 Å². The van der Waals surface area contributed by atoms with Crippen molar-refractivity contribution < 1.29 is 14.0 Å². The van der Waals surface area contributed by atoms with Gasteiger partial charge in [0.1, 0.15) is 5.76 Å². The molecule has 1 aromatic heterocycles. The summed E-state index contributed by atoms with van der Waals surface area (Å²) in [5.74, 6) is -0.0811. The molecule has 6 nitrogen and oxygen atoms in total. The average molecular weight is 362 g/mol. The lowest BCUT2D eigenvalue weighted by Gasteiger charge is -2.14. The second kappa shape index (κ2) is 7.72. The Morgan fingerprint density at radius 1 is 1.28 bits per heavy atom. The third kappa shape index (κ3) is 4.21. The van der Waals surface area contributed by atoms with Gasteiger partial charge in [-0.25, -0.2) is 0 Å². The first kappa shape index (κ1) is 17.5. The van der Waals surface area contributed by atoms with Crippen LogP contribution < -0.4 is 16.0 Å².